The van der Waals surface area contributed by atoms with Crippen molar-refractivity contribution in [2.75, 3.05) is 51.4 Å². The summed E-state index contributed by atoms with van der Waals surface area (Å²) in [6.07, 6.45) is -3.30. The average molecular weight is 1700 g/mol. The number of carbonyl (C=O) groups excluding carboxylic acids is 16. The van der Waals surface area contributed by atoms with Crippen molar-refractivity contribution in [3.8, 4) is 5.75 Å². The molecule has 0 aliphatic carbocycles. The van der Waals surface area contributed by atoms with Crippen LogP contribution < -0.4 is 86.7 Å². The highest BCUT2D eigenvalue weighted by atomic mass is 32.1. The van der Waals surface area contributed by atoms with Crippen LogP contribution in [0.4, 0.5) is 0 Å². The number of hydrogen-bond acceptors (Lipinski definition) is 24. The number of nitrogens with zero attached hydrogens (tertiary/aromatic N) is 1. The highest BCUT2D eigenvalue weighted by Gasteiger charge is 2.40. The number of aliphatic hydroxyl groups is 1. The Bertz CT molecular complexity index is 4430. The molecule has 42 nitrogen and oxygen atoms in total. The van der Waals surface area contributed by atoms with Crippen LogP contribution in [-0.4, -0.2) is 266 Å². The van der Waals surface area contributed by atoms with Crippen molar-refractivity contribution >= 4 is 154 Å². The minimum atomic E-state index is -1.93. The highest BCUT2D eigenvalue weighted by molar-refractivity contribution is 7.80. The number of carbonyl (C=O) groups is 18. The Morgan fingerprint density at radius 1 is 0.496 bits per heavy atom. The number of phenolic OH excluding ortho intramolecular Hbond substituents is 1. The lowest BCUT2D eigenvalue weighted by atomic mass is 10.00. The number of carboxylic acids is 2. The number of likely N-dealkylation sites (N-methyl/N-ethyl adjacent to an activating group) is 1. The fraction of sp³-hybridized carbons (Fsp3) is 0.467. The van der Waals surface area contributed by atoms with Crippen molar-refractivity contribution in [1.29, 1.82) is 0 Å². The van der Waals surface area contributed by atoms with Crippen LogP contribution in [0.5, 0.6) is 5.75 Å². The normalized spacial score (nSPS) is 14.1. The number of nitrogens with one attached hydrogen (secondary N) is 14. The van der Waals surface area contributed by atoms with Crippen molar-refractivity contribution in [1.82, 2.24) is 78.7 Å². The Morgan fingerprint density at radius 3 is 1.49 bits per heavy atom. The van der Waals surface area contributed by atoms with Gasteiger partial charge in [-0.25, -0.2) is 4.79 Å². The molecule has 0 aliphatic rings. The molecule has 0 radical (unpaired) electrons. The van der Waals surface area contributed by atoms with Crippen molar-refractivity contribution in [2.24, 2.45) is 22.9 Å². The van der Waals surface area contributed by atoms with E-state index in [1.807, 2.05) is 0 Å². The van der Waals surface area contributed by atoms with Crippen LogP contribution in [0.2, 0.25) is 0 Å². The molecule has 0 fully saturated rings. The fourth-order valence-electron chi connectivity index (χ4n) is 12.2. The lowest BCUT2D eigenvalue weighted by Crippen LogP contribution is -2.62. The SMILES string of the molecule is CC(=O)N[C@@H](CS)C(=O)N[C@@H](CCC(N)=O)C(=O)N[C@H](C(=O)N[C@@H](Cc1c[nH]c2ccccc12)C(=O)N[C@@H](CCC(N)=O)C(=O)N[C@@H](CS)C(=O)N[C@@H](Cc1ccc(O)cc1)C(=O)N[C@@H](Cc1c[nH]c2ccccc12)C(=O)N(C)[C@@H](CCC(=O)O)C(=O)N[C@@H](CC(N)=O)C(=O)NCC(=O)NCCOCC(=O)N[C@H](CCCCN)C(=O)O)[C@@H](C)O. The number of primary amides is 3. The number of aromatic amines is 2. The number of fused-ring (bicyclic) bond motifs is 2. The number of H-pyrrole nitrogens is 2. The predicted molar refractivity (Wildman–Crippen MR) is 432 cm³/mol. The first kappa shape index (κ1) is 97.2. The lowest BCUT2D eigenvalue weighted by Gasteiger charge is -2.32. The van der Waals surface area contributed by atoms with Gasteiger partial charge in [0.15, 0.2) is 0 Å². The topological polar surface area (TPSA) is 681 Å². The number of hydrogen-bond donors (Lipinski definition) is 24. The van der Waals surface area contributed by atoms with E-state index in [4.69, 9.17) is 27.7 Å². The Morgan fingerprint density at radius 2 is 0.975 bits per heavy atom. The molecule has 0 bridgehead atoms. The molecule has 5 aromatic rings. The summed E-state index contributed by atoms with van der Waals surface area (Å²) in [5.74, 6) is -20.3. The van der Waals surface area contributed by atoms with Gasteiger partial charge in [-0.3, -0.25) is 81.5 Å². The van der Waals surface area contributed by atoms with E-state index in [1.54, 1.807) is 48.5 Å². The molecule has 0 spiro atoms. The number of thiol groups is 2. The maximum absolute atomic E-state index is 15.3. The predicted octanol–water partition coefficient (Wildman–Crippen LogP) is -5.95. The molecule has 26 N–H and O–H groups in total. The van der Waals surface area contributed by atoms with Gasteiger partial charge in [0.1, 0.15) is 78.8 Å². The number of ether oxygens (including phenoxy) is 1. The number of aromatic hydroxyl groups is 1. The standard InChI is InChI=1S/C75H103N19O23S2/c1-38(95)64(93-67(107)49(20-23-59(78)99)87-70(110)55(36-118)84-39(2)96)73(113)90-52(29-41-32-81-46-12-6-4-10-44(41)46)69(109)86-48(19-22-58(77)98)66(106)92-56(37-119)71(111)88-51(28-40-15-17-43(97)18-16-40)68(108)91-54(30-42-33-82-47-13-7-5-11-45(42)47)74(114)94(3)57(21-24-63(103)104)72(112)89-53(31-60(79)100)65(105)83-34-61(101)80-26-27-117-35-62(102)85-50(75(115)116)14-8-9-25-76/h4-7,10-13,15-18,32-33,38,48-57,64,81-82,95,97,118-119H,8-9,14,19-31,34-37,76H2,1-3H3,(H2,77,98)(H2,78,99)(H2,79,100)(H,80,101)(H,83,105)(H,84,96)(H,85,102)(H,86,109)(H,87,110)(H,88,111)(H,89,112)(H,90,113)(H,91,108)(H,92,106)(H,93,107)(H,103,104)(H,115,116)/t38-,48+,49+,50-,51+,52+,53+,54+,55+,56+,57+,64+/m1/s1. The molecular weight excluding hydrogens is 1600 g/mol. The van der Waals surface area contributed by atoms with Crippen LogP contribution in [0, 0.1) is 0 Å². The summed E-state index contributed by atoms with van der Waals surface area (Å²) in [6, 6.07) is 0.275. The average Bonchev–Trinajstić information content (AvgIpc) is 1.73. The summed E-state index contributed by atoms with van der Waals surface area (Å²) >= 11 is 8.43. The highest BCUT2D eigenvalue weighted by Crippen LogP contribution is 2.23. The molecule has 0 unspecified atom stereocenters. The number of benzene rings is 3. The van der Waals surface area contributed by atoms with Gasteiger partial charge in [0.05, 0.1) is 25.7 Å². The minimum absolute atomic E-state index is 0.123. The smallest absolute Gasteiger partial charge is 0.326 e. The number of nitrogens with two attached hydrogens (primary N) is 4. The van der Waals surface area contributed by atoms with Crippen molar-refractivity contribution in [3.05, 3.63) is 102 Å². The third-order valence-corrected chi connectivity index (χ3v) is 19.2. The Hall–Kier alpha value is -12.4. The molecule has 648 valence electrons. The largest absolute Gasteiger partial charge is 0.508 e. The van der Waals surface area contributed by atoms with Gasteiger partial charge in [-0.05, 0) is 92.9 Å². The molecule has 12 atom stereocenters. The Balaban J connectivity index is 1.42. The molecule has 44 heteroatoms. The molecule has 2 heterocycles. The third kappa shape index (κ3) is 32.5. The number of amides is 16. The van der Waals surface area contributed by atoms with E-state index in [1.165, 1.54) is 36.7 Å². The van der Waals surface area contributed by atoms with Gasteiger partial charge in [0.2, 0.25) is 94.5 Å². The first-order chi connectivity index (χ1) is 56.4. The summed E-state index contributed by atoms with van der Waals surface area (Å²) in [5, 5.41) is 70.7. The monoisotopic (exact) mass is 1700 g/mol. The molecule has 0 saturated carbocycles. The minimum Gasteiger partial charge on any atom is -0.508 e. The first-order valence-electron chi connectivity index (χ1n) is 37.6. The second-order valence-electron chi connectivity index (χ2n) is 27.7. The molecule has 2 aromatic heterocycles. The summed E-state index contributed by atoms with van der Waals surface area (Å²) in [5.41, 5.74) is 24.1. The number of para-hydroxylation sites is 2. The molecule has 5 rings (SSSR count). The van der Waals surface area contributed by atoms with E-state index in [9.17, 15) is 97.1 Å². The third-order valence-electron chi connectivity index (χ3n) is 18.4. The Kier molecular flexibility index (Phi) is 40.0. The number of rotatable bonds is 53. The van der Waals surface area contributed by atoms with Crippen LogP contribution in [0.25, 0.3) is 21.8 Å². The maximum Gasteiger partial charge on any atom is 0.326 e. The van der Waals surface area contributed by atoms with Crippen LogP contribution in [0.3, 0.4) is 0 Å². The zero-order valence-electron chi connectivity index (χ0n) is 65.3. The first-order valence-corrected chi connectivity index (χ1v) is 38.9. The summed E-state index contributed by atoms with van der Waals surface area (Å²) in [4.78, 5) is 249. The number of carboxylic acid groups (broad SMARTS) is 2. The van der Waals surface area contributed by atoms with Crippen LogP contribution in [0.1, 0.15) is 94.7 Å². The molecule has 119 heavy (non-hydrogen) atoms. The zero-order chi connectivity index (χ0) is 88.2. The van der Waals surface area contributed by atoms with Gasteiger partial charge in [-0.1, -0.05) is 48.5 Å². The Labute approximate surface area is 692 Å². The van der Waals surface area contributed by atoms with Crippen molar-refractivity contribution in [3.63, 3.8) is 0 Å². The molecule has 3 aromatic carbocycles. The van der Waals surface area contributed by atoms with Crippen LogP contribution in [0.15, 0.2) is 85.2 Å². The second kappa shape index (κ2) is 49.0. The van der Waals surface area contributed by atoms with E-state index in [0.29, 0.717) is 52.3 Å². The van der Waals surface area contributed by atoms with Crippen molar-refractivity contribution < 1.29 is 111 Å². The maximum atomic E-state index is 15.3. The van der Waals surface area contributed by atoms with E-state index in [0.717, 1.165) is 25.8 Å². The summed E-state index contributed by atoms with van der Waals surface area (Å²) in [7, 11) is 1.08. The second-order valence-corrected chi connectivity index (χ2v) is 28.4. The number of phenols is 1. The summed E-state index contributed by atoms with van der Waals surface area (Å²) in [6.45, 7) is 0.731. The van der Waals surface area contributed by atoms with Crippen LogP contribution >= 0.6 is 25.3 Å². The molecular formula is C75H103N19O23S2. The number of unbranched alkanes of at least 4 members (excludes halogenated alkanes) is 1. The van der Waals surface area contributed by atoms with Gasteiger partial charge < -0.3 is 127 Å². The van der Waals surface area contributed by atoms with E-state index >= 15 is 9.59 Å². The number of aliphatic hydroxyl groups excluding tert-OH is 1. The fourth-order valence-corrected chi connectivity index (χ4v) is 12.7. The van der Waals surface area contributed by atoms with Crippen LogP contribution in [-0.2, 0) is 110 Å². The quantitative estimate of drug-likeness (QED) is 0.0127. The number of aromatic nitrogens is 2. The zero-order valence-corrected chi connectivity index (χ0v) is 67.1. The van der Waals surface area contributed by atoms with Crippen molar-refractivity contribution in [2.45, 2.75) is 170 Å². The van der Waals surface area contributed by atoms with E-state index < -0.39 is 256 Å². The molecule has 16 amide bonds. The summed E-state index contributed by atoms with van der Waals surface area (Å²) < 4.78 is 5.23. The van der Waals surface area contributed by atoms with Gasteiger partial charge in [-0.15, -0.1) is 0 Å². The van der Waals surface area contributed by atoms with Gasteiger partial charge in [0.25, 0.3) is 0 Å². The van der Waals surface area contributed by atoms with Gasteiger partial charge >= 0.3 is 11.9 Å². The van der Waals surface area contributed by atoms with Gasteiger partial charge in [-0.2, -0.15) is 25.3 Å². The molecule has 0 aliphatic heterocycles. The number of aliphatic carboxylic acids is 2. The lowest BCUT2D eigenvalue weighted by molar-refractivity contribution is -0.144. The van der Waals surface area contributed by atoms with E-state index in [2.05, 4.69) is 99.0 Å². The molecule has 0 saturated heterocycles. The van der Waals surface area contributed by atoms with Gasteiger partial charge in [0, 0.05) is 105 Å². The van der Waals surface area contributed by atoms with E-state index in [-0.39, 0.29) is 43.1 Å².